The predicted octanol–water partition coefficient (Wildman–Crippen LogP) is 1.41. The number of nitrogens with one attached hydrogen (secondary N) is 1. The van der Waals surface area contributed by atoms with Gasteiger partial charge in [-0.05, 0) is 24.3 Å². The third kappa shape index (κ3) is 4.62. The molecule has 2 aromatic heterocycles. The zero-order valence-corrected chi connectivity index (χ0v) is 16.1. The van der Waals surface area contributed by atoms with E-state index in [4.69, 9.17) is 5.11 Å². The maximum absolute atomic E-state index is 13.2. The minimum atomic E-state index is -0.896. The Morgan fingerprint density at radius 2 is 1.77 bits per heavy atom. The lowest BCUT2D eigenvalue weighted by Gasteiger charge is -2.36. The Kier molecular flexibility index (Phi) is 5.68. The summed E-state index contributed by atoms with van der Waals surface area (Å²) in [6.45, 7) is 3.18. The average molecular weight is 412 g/mol. The summed E-state index contributed by atoms with van der Waals surface area (Å²) >= 11 is 0. The van der Waals surface area contributed by atoms with Gasteiger partial charge in [0.2, 0.25) is 5.95 Å². The number of benzene rings is 1. The number of hydrogen-bond acceptors (Lipinski definition) is 8. The van der Waals surface area contributed by atoms with Gasteiger partial charge in [0, 0.05) is 44.5 Å². The Hall–Kier alpha value is -3.76. The Morgan fingerprint density at radius 3 is 2.43 bits per heavy atom. The highest BCUT2D eigenvalue weighted by Gasteiger charge is 2.20. The molecule has 156 valence electrons. The van der Waals surface area contributed by atoms with Crippen molar-refractivity contribution in [2.45, 2.75) is 6.42 Å². The van der Waals surface area contributed by atoms with Crippen molar-refractivity contribution in [2.75, 3.05) is 47.8 Å². The van der Waals surface area contributed by atoms with Crippen LogP contribution in [-0.4, -0.2) is 68.8 Å². The molecule has 0 aliphatic carbocycles. The molecule has 30 heavy (non-hydrogen) atoms. The number of rotatable bonds is 7. The molecular weight excluding hydrogens is 391 g/mol. The van der Waals surface area contributed by atoms with Gasteiger partial charge < -0.3 is 20.2 Å². The quantitative estimate of drug-likeness (QED) is 0.595. The zero-order chi connectivity index (χ0) is 20.9. The van der Waals surface area contributed by atoms with Crippen LogP contribution in [0.1, 0.15) is 6.42 Å². The highest BCUT2D eigenvalue weighted by molar-refractivity contribution is 5.67. The maximum atomic E-state index is 13.2. The molecule has 1 aliphatic rings. The van der Waals surface area contributed by atoms with Gasteiger partial charge in [-0.25, -0.2) is 9.07 Å². The third-order valence-corrected chi connectivity index (χ3v) is 4.77. The van der Waals surface area contributed by atoms with E-state index in [1.807, 2.05) is 6.07 Å². The van der Waals surface area contributed by atoms with Crippen molar-refractivity contribution in [3.63, 3.8) is 0 Å². The second kappa shape index (κ2) is 8.72. The molecule has 0 atom stereocenters. The lowest BCUT2D eigenvalue weighted by molar-refractivity contribution is -0.136. The zero-order valence-electron chi connectivity index (χ0n) is 16.1. The van der Waals surface area contributed by atoms with E-state index < -0.39 is 5.97 Å². The molecule has 0 unspecified atom stereocenters. The first-order valence-electron chi connectivity index (χ1n) is 9.55. The molecule has 0 radical (unpaired) electrons. The lowest BCUT2D eigenvalue weighted by Crippen LogP contribution is -2.47. The number of aromatic nitrogens is 5. The van der Waals surface area contributed by atoms with Crippen molar-refractivity contribution < 1.29 is 14.3 Å². The van der Waals surface area contributed by atoms with Gasteiger partial charge in [0.15, 0.2) is 5.82 Å². The molecule has 3 heterocycles. The van der Waals surface area contributed by atoms with Crippen molar-refractivity contribution in [3.8, 4) is 5.82 Å². The molecule has 0 spiro atoms. The number of carboxylic acid groups (broad SMARTS) is 1. The first kappa shape index (κ1) is 19.6. The average Bonchev–Trinajstić information content (AvgIpc) is 3.29. The number of nitrogens with zero attached hydrogens (tertiary/aromatic N) is 7. The van der Waals surface area contributed by atoms with Gasteiger partial charge in [0.25, 0.3) is 0 Å². The second-order valence-corrected chi connectivity index (χ2v) is 6.78. The SMILES string of the molecule is O=C(O)CCNc1nc(N2CCN(c3ccc(F)cc3)CC2)cc(-n2ccnn2)n1. The van der Waals surface area contributed by atoms with Gasteiger partial charge >= 0.3 is 5.97 Å². The van der Waals surface area contributed by atoms with E-state index in [2.05, 4.69) is 35.4 Å². The summed E-state index contributed by atoms with van der Waals surface area (Å²) < 4.78 is 14.7. The van der Waals surface area contributed by atoms with Crippen LogP contribution in [0.2, 0.25) is 0 Å². The van der Waals surface area contributed by atoms with Crippen LogP contribution in [0.5, 0.6) is 0 Å². The minimum Gasteiger partial charge on any atom is -0.481 e. The van der Waals surface area contributed by atoms with Crippen molar-refractivity contribution in [2.24, 2.45) is 0 Å². The van der Waals surface area contributed by atoms with Crippen LogP contribution in [0.3, 0.4) is 0 Å². The molecule has 4 rings (SSSR count). The summed E-state index contributed by atoms with van der Waals surface area (Å²) in [7, 11) is 0. The molecule has 3 aromatic rings. The maximum Gasteiger partial charge on any atom is 0.305 e. The van der Waals surface area contributed by atoms with Crippen molar-refractivity contribution in [1.82, 2.24) is 25.0 Å². The molecular formula is C19H21FN8O2. The largest absolute Gasteiger partial charge is 0.481 e. The van der Waals surface area contributed by atoms with Gasteiger partial charge in [-0.3, -0.25) is 4.79 Å². The standard InChI is InChI=1S/C19H21FN8O2/c20-14-1-3-15(4-2-14)26-9-11-27(12-10-26)16-13-17(28-8-7-22-25-28)24-19(23-16)21-6-5-18(29)30/h1-4,7-8,13H,5-6,9-12H2,(H,29,30)(H,21,23,24). The smallest absolute Gasteiger partial charge is 0.305 e. The normalized spacial score (nSPS) is 14.0. The van der Waals surface area contributed by atoms with E-state index in [-0.39, 0.29) is 18.8 Å². The van der Waals surface area contributed by atoms with E-state index in [0.717, 1.165) is 31.9 Å². The minimum absolute atomic E-state index is 0.0391. The molecule has 0 amide bonds. The fourth-order valence-electron chi connectivity index (χ4n) is 3.24. The fourth-order valence-corrected chi connectivity index (χ4v) is 3.24. The summed E-state index contributed by atoms with van der Waals surface area (Å²) in [4.78, 5) is 24.1. The summed E-state index contributed by atoms with van der Waals surface area (Å²) in [5.41, 5.74) is 0.984. The summed E-state index contributed by atoms with van der Waals surface area (Å²) in [6, 6.07) is 8.31. The molecule has 1 aromatic carbocycles. The number of piperazine rings is 1. The number of carbonyl (C=O) groups is 1. The van der Waals surface area contributed by atoms with Gasteiger partial charge in [0.1, 0.15) is 11.6 Å². The molecule has 1 aliphatic heterocycles. The van der Waals surface area contributed by atoms with Crippen LogP contribution < -0.4 is 15.1 Å². The van der Waals surface area contributed by atoms with Gasteiger partial charge in [0.05, 0.1) is 18.8 Å². The van der Waals surface area contributed by atoms with Crippen molar-refractivity contribution in [3.05, 3.63) is 48.5 Å². The summed E-state index contributed by atoms with van der Waals surface area (Å²) in [5.74, 6) is 0.442. The molecule has 0 saturated carbocycles. The van der Waals surface area contributed by atoms with Crippen LogP contribution in [0, 0.1) is 5.82 Å². The second-order valence-electron chi connectivity index (χ2n) is 6.78. The van der Waals surface area contributed by atoms with E-state index in [0.29, 0.717) is 17.6 Å². The molecule has 0 bridgehead atoms. The highest BCUT2D eigenvalue weighted by atomic mass is 19.1. The highest BCUT2D eigenvalue weighted by Crippen LogP contribution is 2.22. The Bertz CT molecular complexity index is 988. The first-order valence-corrected chi connectivity index (χ1v) is 9.55. The van der Waals surface area contributed by atoms with Crippen LogP contribution in [-0.2, 0) is 4.79 Å². The Labute approximate surface area is 172 Å². The van der Waals surface area contributed by atoms with E-state index in [9.17, 15) is 9.18 Å². The molecule has 11 heteroatoms. The van der Waals surface area contributed by atoms with Crippen LogP contribution in [0.15, 0.2) is 42.7 Å². The number of halogens is 1. The molecule has 1 saturated heterocycles. The Morgan fingerprint density at radius 1 is 1.07 bits per heavy atom. The predicted molar refractivity (Wildman–Crippen MR) is 109 cm³/mol. The van der Waals surface area contributed by atoms with Gasteiger partial charge in [-0.2, -0.15) is 9.97 Å². The number of aliphatic carboxylic acids is 1. The summed E-state index contributed by atoms with van der Waals surface area (Å²) in [5, 5.41) is 19.6. The topological polar surface area (TPSA) is 112 Å². The number of carboxylic acids is 1. The fraction of sp³-hybridized carbons (Fsp3) is 0.316. The van der Waals surface area contributed by atoms with E-state index in [1.54, 1.807) is 24.5 Å². The van der Waals surface area contributed by atoms with Gasteiger partial charge in [-0.15, -0.1) is 5.10 Å². The lowest BCUT2D eigenvalue weighted by atomic mass is 10.2. The molecule has 1 fully saturated rings. The number of anilines is 3. The van der Waals surface area contributed by atoms with Crippen molar-refractivity contribution >= 4 is 23.4 Å². The Balaban J connectivity index is 1.50. The number of hydrogen-bond donors (Lipinski definition) is 2. The molecule has 2 N–H and O–H groups in total. The van der Waals surface area contributed by atoms with E-state index >= 15 is 0 Å². The monoisotopic (exact) mass is 412 g/mol. The van der Waals surface area contributed by atoms with E-state index in [1.165, 1.54) is 16.8 Å². The van der Waals surface area contributed by atoms with Gasteiger partial charge in [-0.1, -0.05) is 5.21 Å². The third-order valence-electron chi connectivity index (χ3n) is 4.77. The van der Waals surface area contributed by atoms with Crippen LogP contribution in [0.25, 0.3) is 5.82 Å². The summed E-state index contributed by atoms with van der Waals surface area (Å²) in [6.07, 6.45) is 3.20. The first-order chi connectivity index (χ1) is 14.6. The van der Waals surface area contributed by atoms with Crippen molar-refractivity contribution in [1.29, 1.82) is 0 Å². The van der Waals surface area contributed by atoms with Crippen LogP contribution >= 0.6 is 0 Å². The molecule has 10 nitrogen and oxygen atoms in total. The van der Waals surface area contributed by atoms with Crippen LogP contribution in [0.4, 0.5) is 21.8 Å².